The monoisotopic (exact) mass is 226 g/mol. The lowest BCUT2D eigenvalue weighted by atomic mass is 9.96. The summed E-state index contributed by atoms with van der Waals surface area (Å²) in [4.78, 5) is 0. The average molecular weight is 226 g/mol. The van der Waals surface area contributed by atoms with Crippen molar-refractivity contribution in [2.24, 2.45) is 0 Å². The Morgan fingerprint density at radius 1 is 1.38 bits per heavy atom. The van der Waals surface area contributed by atoms with Gasteiger partial charge in [0.15, 0.2) is 0 Å². The van der Waals surface area contributed by atoms with Gasteiger partial charge < -0.3 is 4.74 Å². The third-order valence-corrected chi connectivity index (χ3v) is 2.61. The summed E-state index contributed by atoms with van der Waals surface area (Å²) in [6.07, 6.45) is 4.17. The van der Waals surface area contributed by atoms with Crippen molar-refractivity contribution in [3.05, 3.63) is 0 Å². The first-order valence-electron chi connectivity index (χ1n) is 6.35. The Kier molecular flexibility index (Phi) is 8.23. The van der Waals surface area contributed by atoms with Crippen molar-refractivity contribution in [3.63, 3.8) is 0 Å². The highest BCUT2D eigenvalue weighted by molar-refractivity contribution is 5.04. The lowest BCUT2D eigenvalue weighted by Gasteiger charge is -2.26. The van der Waals surface area contributed by atoms with Gasteiger partial charge in [0.05, 0.1) is 12.2 Å². The fourth-order valence-corrected chi connectivity index (χ4v) is 1.62. The molecule has 1 N–H and O–H groups in total. The summed E-state index contributed by atoms with van der Waals surface area (Å²) < 4.78 is 5.67. The third kappa shape index (κ3) is 6.81. The topological polar surface area (TPSA) is 45.0 Å². The van der Waals surface area contributed by atoms with E-state index in [2.05, 4.69) is 25.2 Å². The van der Waals surface area contributed by atoms with E-state index in [1.54, 1.807) is 0 Å². The summed E-state index contributed by atoms with van der Waals surface area (Å²) in [6.45, 7) is 9.92. The molecule has 0 radical (unpaired) electrons. The molecule has 0 aliphatic rings. The van der Waals surface area contributed by atoms with Crippen LogP contribution < -0.4 is 5.32 Å². The van der Waals surface area contributed by atoms with Gasteiger partial charge in [0.2, 0.25) is 0 Å². The number of rotatable bonds is 9. The lowest BCUT2D eigenvalue weighted by Crippen LogP contribution is -2.44. The summed E-state index contributed by atoms with van der Waals surface area (Å²) in [5.41, 5.74) is -0.457. The van der Waals surface area contributed by atoms with Crippen LogP contribution in [0.1, 0.15) is 53.4 Å². The highest BCUT2D eigenvalue weighted by Gasteiger charge is 2.25. The maximum absolute atomic E-state index is 9.16. The van der Waals surface area contributed by atoms with Crippen LogP contribution in [0.2, 0.25) is 0 Å². The third-order valence-electron chi connectivity index (χ3n) is 2.61. The zero-order valence-corrected chi connectivity index (χ0v) is 11.2. The molecule has 0 bridgehead atoms. The van der Waals surface area contributed by atoms with E-state index in [4.69, 9.17) is 10.00 Å². The first-order chi connectivity index (χ1) is 7.58. The fourth-order valence-electron chi connectivity index (χ4n) is 1.62. The van der Waals surface area contributed by atoms with Crippen LogP contribution in [-0.4, -0.2) is 24.8 Å². The predicted octanol–water partition coefficient (Wildman–Crippen LogP) is 2.86. The van der Waals surface area contributed by atoms with Crippen LogP contribution in [0.5, 0.6) is 0 Å². The molecule has 3 nitrogen and oxygen atoms in total. The minimum absolute atomic E-state index is 0.139. The number of ether oxygens (including phenoxy) is 1. The van der Waals surface area contributed by atoms with Gasteiger partial charge in [-0.15, -0.1) is 0 Å². The molecule has 16 heavy (non-hydrogen) atoms. The van der Waals surface area contributed by atoms with Crippen LogP contribution in [0.15, 0.2) is 0 Å². The molecule has 2 unspecified atom stereocenters. The highest BCUT2D eigenvalue weighted by Crippen LogP contribution is 2.14. The number of hydrogen-bond acceptors (Lipinski definition) is 3. The second-order valence-electron chi connectivity index (χ2n) is 4.61. The van der Waals surface area contributed by atoms with Crippen molar-refractivity contribution in [2.75, 3.05) is 13.2 Å². The second-order valence-corrected chi connectivity index (χ2v) is 4.61. The molecule has 0 rings (SSSR count). The Morgan fingerprint density at radius 3 is 2.56 bits per heavy atom. The van der Waals surface area contributed by atoms with E-state index in [9.17, 15) is 0 Å². The first kappa shape index (κ1) is 15.4. The number of nitriles is 1. The smallest absolute Gasteiger partial charge is 0.106 e. The van der Waals surface area contributed by atoms with Gasteiger partial charge in [-0.05, 0) is 33.2 Å². The highest BCUT2D eigenvalue weighted by atomic mass is 16.5. The van der Waals surface area contributed by atoms with E-state index in [1.807, 2.05) is 13.8 Å². The van der Waals surface area contributed by atoms with Crippen molar-refractivity contribution in [1.29, 1.82) is 5.26 Å². The zero-order chi connectivity index (χ0) is 12.4. The predicted molar refractivity (Wildman–Crippen MR) is 67.3 cm³/mol. The van der Waals surface area contributed by atoms with Crippen LogP contribution in [-0.2, 0) is 4.74 Å². The van der Waals surface area contributed by atoms with E-state index in [-0.39, 0.29) is 6.10 Å². The van der Waals surface area contributed by atoms with Crippen LogP contribution in [0, 0.1) is 11.3 Å². The maximum atomic E-state index is 9.16. The van der Waals surface area contributed by atoms with E-state index < -0.39 is 5.54 Å². The summed E-state index contributed by atoms with van der Waals surface area (Å²) in [5, 5.41) is 12.4. The van der Waals surface area contributed by atoms with Crippen molar-refractivity contribution in [2.45, 2.75) is 65.0 Å². The molecular weight excluding hydrogens is 200 g/mol. The van der Waals surface area contributed by atoms with Crippen LogP contribution in [0.3, 0.4) is 0 Å². The summed E-state index contributed by atoms with van der Waals surface area (Å²) >= 11 is 0. The molecular formula is C13H26N2O. The minimum Gasteiger partial charge on any atom is -0.378 e. The molecule has 94 valence electrons. The molecule has 0 aliphatic carbocycles. The van der Waals surface area contributed by atoms with E-state index in [0.29, 0.717) is 0 Å². The molecule has 0 heterocycles. The van der Waals surface area contributed by atoms with Gasteiger partial charge in [-0.1, -0.05) is 20.3 Å². The van der Waals surface area contributed by atoms with Crippen molar-refractivity contribution in [3.8, 4) is 6.07 Å². The van der Waals surface area contributed by atoms with Gasteiger partial charge >= 0.3 is 0 Å². The largest absolute Gasteiger partial charge is 0.378 e. The minimum atomic E-state index is -0.457. The molecule has 0 aromatic heterocycles. The Morgan fingerprint density at radius 2 is 2.06 bits per heavy atom. The lowest BCUT2D eigenvalue weighted by molar-refractivity contribution is 0.0459. The molecule has 0 aliphatic heterocycles. The normalized spacial score (nSPS) is 16.4. The van der Waals surface area contributed by atoms with Gasteiger partial charge in [0.1, 0.15) is 5.54 Å². The molecule has 0 fully saturated rings. The molecule has 0 saturated heterocycles. The number of nitrogens with zero attached hydrogens (tertiary/aromatic N) is 1. The van der Waals surface area contributed by atoms with Crippen molar-refractivity contribution >= 4 is 0 Å². The Labute approximate surface area is 100 Å². The van der Waals surface area contributed by atoms with E-state index in [0.717, 1.165) is 38.8 Å². The van der Waals surface area contributed by atoms with Gasteiger partial charge in [0.25, 0.3) is 0 Å². The first-order valence-corrected chi connectivity index (χ1v) is 6.35. The molecule has 0 saturated carbocycles. The molecule has 0 spiro atoms. The molecule has 0 aromatic rings. The second kappa shape index (κ2) is 8.55. The fraction of sp³-hybridized carbons (Fsp3) is 0.923. The Hall–Kier alpha value is -0.590. The van der Waals surface area contributed by atoms with Gasteiger partial charge in [0, 0.05) is 13.0 Å². The molecule has 0 aromatic carbocycles. The summed E-state index contributed by atoms with van der Waals surface area (Å²) in [7, 11) is 0. The SMILES string of the molecule is CCCCOC(C)CC(C)(C#N)NCCC. The van der Waals surface area contributed by atoms with Crippen LogP contribution in [0.25, 0.3) is 0 Å². The van der Waals surface area contributed by atoms with Crippen molar-refractivity contribution < 1.29 is 4.74 Å². The van der Waals surface area contributed by atoms with Gasteiger partial charge in [-0.25, -0.2) is 0 Å². The number of unbranched alkanes of at least 4 members (excludes halogenated alkanes) is 1. The van der Waals surface area contributed by atoms with Crippen LogP contribution in [0.4, 0.5) is 0 Å². The van der Waals surface area contributed by atoms with E-state index >= 15 is 0 Å². The van der Waals surface area contributed by atoms with E-state index in [1.165, 1.54) is 0 Å². The molecule has 3 heteroatoms. The van der Waals surface area contributed by atoms with Crippen molar-refractivity contribution in [1.82, 2.24) is 5.32 Å². The number of hydrogen-bond donors (Lipinski definition) is 1. The van der Waals surface area contributed by atoms with Gasteiger partial charge in [-0.3, -0.25) is 5.32 Å². The summed E-state index contributed by atoms with van der Waals surface area (Å²) in [5.74, 6) is 0. The quantitative estimate of drug-likeness (QED) is 0.615. The summed E-state index contributed by atoms with van der Waals surface area (Å²) in [6, 6.07) is 2.34. The average Bonchev–Trinajstić information content (AvgIpc) is 2.27. The standard InChI is InChI=1S/C13H26N2O/c1-5-7-9-16-12(3)10-13(4,11-14)15-8-6-2/h12,15H,5-10H2,1-4H3. The van der Waals surface area contributed by atoms with Crippen LogP contribution >= 0.6 is 0 Å². The Bertz CT molecular complexity index is 212. The maximum Gasteiger partial charge on any atom is 0.106 e. The molecule has 0 amide bonds. The Balaban J connectivity index is 3.95. The number of nitrogens with one attached hydrogen (secondary N) is 1. The van der Waals surface area contributed by atoms with Gasteiger partial charge in [-0.2, -0.15) is 5.26 Å². The zero-order valence-electron chi connectivity index (χ0n) is 11.2. The molecule has 2 atom stereocenters.